The normalized spacial score (nSPS) is 16.1. The van der Waals surface area contributed by atoms with Crippen molar-refractivity contribution >= 4 is 23.5 Å². The Bertz CT molecular complexity index is 865. The van der Waals surface area contributed by atoms with Crippen LogP contribution in [0.1, 0.15) is 25.8 Å². The second-order valence-electron chi connectivity index (χ2n) is 7.40. The summed E-state index contributed by atoms with van der Waals surface area (Å²) < 4.78 is 5.71. The molecule has 3 rings (SSSR count). The molecule has 1 heterocycles. The van der Waals surface area contributed by atoms with Crippen LogP contribution in [0.3, 0.4) is 0 Å². The quantitative estimate of drug-likeness (QED) is 0.672. The van der Waals surface area contributed by atoms with E-state index >= 15 is 0 Å². The van der Waals surface area contributed by atoms with E-state index in [1.165, 1.54) is 0 Å². The maximum absolute atomic E-state index is 12.3. The summed E-state index contributed by atoms with van der Waals surface area (Å²) >= 11 is 0. The fraction of sp³-hybridized carbons (Fsp3) is 0.318. The number of ether oxygens (including phenoxy) is 1. The Labute approximate surface area is 170 Å². The lowest BCUT2D eigenvalue weighted by Crippen LogP contribution is -2.38. The number of anilines is 1. The molecule has 1 fully saturated rings. The summed E-state index contributed by atoms with van der Waals surface area (Å²) in [5, 5.41) is 5.33. The van der Waals surface area contributed by atoms with E-state index in [-0.39, 0.29) is 18.4 Å². The molecule has 1 aliphatic rings. The highest BCUT2D eigenvalue weighted by molar-refractivity contribution is 6.07. The van der Waals surface area contributed by atoms with Gasteiger partial charge < -0.3 is 15.4 Å². The second-order valence-corrected chi connectivity index (χ2v) is 7.40. The van der Waals surface area contributed by atoms with Crippen LogP contribution in [0.15, 0.2) is 54.6 Å². The van der Waals surface area contributed by atoms with Crippen molar-refractivity contribution in [2.45, 2.75) is 32.9 Å². The molecule has 29 heavy (non-hydrogen) atoms. The SMILES string of the molecule is CC(C)C[C@@H]1NC(=O)N(CC(=O)Nc2ccc(OCc3ccccc3)cc2)C1=O. The minimum Gasteiger partial charge on any atom is -0.489 e. The van der Waals surface area contributed by atoms with Gasteiger partial charge in [0.05, 0.1) is 0 Å². The molecule has 0 bridgehead atoms. The third-order valence-electron chi connectivity index (χ3n) is 4.50. The fourth-order valence-corrected chi connectivity index (χ4v) is 3.08. The highest BCUT2D eigenvalue weighted by Crippen LogP contribution is 2.18. The first-order valence-corrected chi connectivity index (χ1v) is 9.61. The van der Waals surface area contributed by atoms with Crippen LogP contribution in [0.2, 0.25) is 0 Å². The third-order valence-corrected chi connectivity index (χ3v) is 4.50. The van der Waals surface area contributed by atoms with Gasteiger partial charge in [-0.2, -0.15) is 0 Å². The standard InChI is InChI=1S/C22H25N3O4/c1-15(2)12-19-21(27)25(22(28)24-19)13-20(26)23-17-8-10-18(11-9-17)29-14-16-6-4-3-5-7-16/h3-11,15,19H,12-14H2,1-2H3,(H,23,26)(H,24,28)/t19-/m0/s1. The maximum Gasteiger partial charge on any atom is 0.325 e. The monoisotopic (exact) mass is 395 g/mol. The van der Waals surface area contributed by atoms with E-state index in [2.05, 4.69) is 10.6 Å². The minimum atomic E-state index is -0.559. The van der Waals surface area contributed by atoms with Crippen LogP contribution in [-0.2, 0) is 16.2 Å². The molecule has 1 aliphatic heterocycles. The maximum atomic E-state index is 12.3. The van der Waals surface area contributed by atoms with E-state index in [0.717, 1.165) is 10.5 Å². The molecule has 0 radical (unpaired) electrons. The lowest BCUT2D eigenvalue weighted by molar-refractivity contribution is -0.131. The number of hydrogen-bond donors (Lipinski definition) is 2. The van der Waals surface area contributed by atoms with Crippen molar-refractivity contribution in [3.8, 4) is 5.75 Å². The van der Waals surface area contributed by atoms with Gasteiger partial charge in [0.1, 0.15) is 24.9 Å². The number of hydrogen-bond acceptors (Lipinski definition) is 4. The van der Waals surface area contributed by atoms with Gasteiger partial charge in [0.2, 0.25) is 5.91 Å². The highest BCUT2D eigenvalue weighted by atomic mass is 16.5. The number of nitrogens with zero attached hydrogens (tertiary/aromatic N) is 1. The first-order valence-electron chi connectivity index (χ1n) is 9.61. The Balaban J connectivity index is 1.50. The van der Waals surface area contributed by atoms with Crippen LogP contribution >= 0.6 is 0 Å². The number of imide groups is 1. The number of nitrogens with one attached hydrogen (secondary N) is 2. The Morgan fingerprint density at radius 3 is 2.45 bits per heavy atom. The summed E-state index contributed by atoms with van der Waals surface area (Å²) in [4.78, 5) is 37.5. The van der Waals surface area contributed by atoms with Crippen LogP contribution in [0.4, 0.5) is 10.5 Å². The van der Waals surface area contributed by atoms with Crippen molar-refractivity contribution in [3.05, 3.63) is 60.2 Å². The van der Waals surface area contributed by atoms with Crippen LogP contribution in [-0.4, -0.2) is 35.3 Å². The number of carbonyl (C=O) groups is 3. The van der Waals surface area contributed by atoms with Gasteiger partial charge in [-0.1, -0.05) is 44.2 Å². The summed E-state index contributed by atoms with van der Waals surface area (Å²) in [6, 6.07) is 15.7. The Hall–Kier alpha value is -3.35. The molecule has 7 nitrogen and oxygen atoms in total. The molecule has 2 aromatic carbocycles. The zero-order valence-corrected chi connectivity index (χ0v) is 16.6. The molecule has 152 valence electrons. The van der Waals surface area contributed by atoms with Gasteiger partial charge in [0.25, 0.3) is 5.91 Å². The Kier molecular flexibility index (Phi) is 6.49. The number of benzene rings is 2. The largest absolute Gasteiger partial charge is 0.489 e. The average Bonchev–Trinajstić information content (AvgIpc) is 2.95. The second kappa shape index (κ2) is 9.23. The van der Waals surface area contributed by atoms with E-state index < -0.39 is 18.0 Å². The van der Waals surface area contributed by atoms with Gasteiger partial charge in [-0.3, -0.25) is 14.5 Å². The molecule has 1 saturated heterocycles. The number of carbonyl (C=O) groups excluding carboxylic acids is 3. The van der Waals surface area contributed by atoms with Gasteiger partial charge in [0, 0.05) is 5.69 Å². The molecule has 0 aliphatic carbocycles. The fourth-order valence-electron chi connectivity index (χ4n) is 3.08. The first kappa shape index (κ1) is 20.4. The van der Waals surface area contributed by atoms with Crippen LogP contribution < -0.4 is 15.4 Å². The lowest BCUT2D eigenvalue weighted by Gasteiger charge is -2.14. The van der Waals surface area contributed by atoms with Crippen molar-refractivity contribution in [2.75, 3.05) is 11.9 Å². The van der Waals surface area contributed by atoms with Crippen molar-refractivity contribution in [2.24, 2.45) is 5.92 Å². The summed E-state index contributed by atoms with van der Waals surface area (Å²) in [5.41, 5.74) is 1.63. The van der Waals surface area contributed by atoms with E-state index in [1.54, 1.807) is 24.3 Å². The van der Waals surface area contributed by atoms with Crippen LogP contribution in [0, 0.1) is 5.92 Å². The molecule has 2 N–H and O–H groups in total. The van der Waals surface area contributed by atoms with E-state index in [9.17, 15) is 14.4 Å². The van der Waals surface area contributed by atoms with E-state index in [0.29, 0.717) is 24.5 Å². The van der Waals surface area contributed by atoms with Crippen LogP contribution in [0.25, 0.3) is 0 Å². The topological polar surface area (TPSA) is 87.7 Å². The van der Waals surface area contributed by atoms with Crippen molar-refractivity contribution < 1.29 is 19.1 Å². The minimum absolute atomic E-state index is 0.264. The summed E-state index contributed by atoms with van der Waals surface area (Å²) in [5.74, 6) is 0.151. The van der Waals surface area contributed by atoms with Crippen LogP contribution in [0.5, 0.6) is 5.75 Å². The van der Waals surface area contributed by atoms with Crippen molar-refractivity contribution in [1.82, 2.24) is 10.2 Å². The summed E-state index contributed by atoms with van der Waals surface area (Å²) in [7, 11) is 0. The van der Waals surface area contributed by atoms with Gasteiger partial charge >= 0.3 is 6.03 Å². The van der Waals surface area contributed by atoms with E-state index in [1.807, 2.05) is 44.2 Å². The third kappa shape index (κ3) is 5.57. The average molecular weight is 395 g/mol. The number of rotatable bonds is 8. The Morgan fingerprint density at radius 1 is 1.10 bits per heavy atom. The summed E-state index contributed by atoms with van der Waals surface area (Å²) in [6.07, 6.45) is 0.549. The molecule has 0 saturated carbocycles. The van der Waals surface area contributed by atoms with Crippen molar-refractivity contribution in [3.63, 3.8) is 0 Å². The Morgan fingerprint density at radius 2 is 1.79 bits per heavy atom. The molecule has 0 spiro atoms. The van der Waals surface area contributed by atoms with Gasteiger partial charge in [0.15, 0.2) is 0 Å². The lowest BCUT2D eigenvalue weighted by atomic mass is 10.0. The highest BCUT2D eigenvalue weighted by Gasteiger charge is 2.38. The molecule has 0 aromatic heterocycles. The van der Waals surface area contributed by atoms with Gasteiger partial charge in [-0.15, -0.1) is 0 Å². The zero-order chi connectivity index (χ0) is 20.8. The first-order chi connectivity index (χ1) is 13.9. The predicted molar refractivity (Wildman–Crippen MR) is 109 cm³/mol. The molecular weight excluding hydrogens is 370 g/mol. The molecule has 4 amide bonds. The summed E-state index contributed by atoms with van der Waals surface area (Å²) in [6.45, 7) is 4.09. The molecule has 1 atom stereocenters. The molecule has 7 heteroatoms. The number of amides is 4. The molecule has 2 aromatic rings. The smallest absolute Gasteiger partial charge is 0.325 e. The van der Waals surface area contributed by atoms with Gasteiger partial charge in [-0.05, 0) is 42.2 Å². The predicted octanol–water partition coefficient (Wildman–Crippen LogP) is 3.17. The zero-order valence-electron chi connectivity index (χ0n) is 16.6. The molecule has 0 unspecified atom stereocenters. The van der Waals surface area contributed by atoms with Gasteiger partial charge in [-0.25, -0.2) is 4.79 Å². The van der Waals surface area contributed by atoms with E-state index in [4.69, 9.17) is 4.74 Å². The van der Waals surface area contributed by atoms with Crippen molar-refractivity contribution in [1.29, 1.82) is 0 Å². The number of urea groups is 1. The molecular formula is C22H25N3O4.